The number of carbonyl (C=O) groups is 1. The number of benzene rings is 2. The molecule has 0 atom stereocenters. The number of aryl methyl sites for hydroxylation is 1. The third-order valence-electron chi connectivity index (χ3n) is 2.75. The molecule has 2 rings (SSSR count). The van der Waals surface area contributed by atoms with E-state index in [1.807, 2.05) is 55.5 Å². The van der Waals surface area contributed by atoms with E-state index >= 15 is 0 Å². The van der Waals surface area contributed by atoms with Gasteiger partial charge in [-0.25, -0.2) is 4.79 Å². The fraction of sp³-hybridized carbons (Fsp3) is 0.188. The maximum absolute atomic E-state index is 11.7. The number of anilines is 1. The lowest BCUT2D eigenvalue weighted by Gasteiger charge is -2.09. The topological polar surface area (TPSA) is 50.4 Å². The summed E-state index contributed by atoms with van der Waals surface area (Å²) in [6.07, 6.45) is 0. The molecule has 2 aromatic carbocycles. The Bertz CT molecular complexity index is 599. The van der Waals surface area contributed by atoms with Crippen molar-refractivity contribution in [2.75, 3.05) is 18.5 Å². The summed E-state index contributed by atoms with van der Waals surface area (Å²) in [6.45, 7) is 2.88. The Kier molecular flexibility index (Phi) is 5.63. The molecule has 0 bridgehead atoms. The zero-order chi connectivity index (χ0) is 15.1. The van der Waals surface area contributed by atoms with Gasteiger partial charge in [0.25, 0.3) is 0 Å². The molecule has 4 nitrogen and oxygen atoms in total. The zero-order valence-corrected chi connectivity index (χ0v) is 13.3. The second-order valence-electron chi connectivity index (χ2n) is 4.55. The third-order valence-corrected chi connectivity index (χ3v) is 3.28. The molecule has 0 radical (unpaired) electrons. The van der Waals surface area contributed by atoms with Crippen molar-refractivity contribution >= 4 is 27.6 Å². The highest BCUT2D eigenvalue weighted by Crippen LogP contribution is 2.14. The highest BCUT2D eigenvalue weighted by atomic mass is 79.9. The van der Waals surface area contributed by atoms with Crippen molar-refractivity contribution in [3.05, 3.63) is 58.6 Å². The molecule has 5 heteroatoms. The predicted molar refractivity (Wildman–Crippen MR) is 87.8 cm³/mol. The van der Waals surface area contributed by atoms with E-state index in [0.717, 1.165) is 21.5 Å². The second kappa shape index (κ2) is 7.69. The summed E-state index contributed by atoms with van der Waals surface area (Å²) in [6, 6.07) is 15.0. The molecule has 2 amide bonds. The molecule has 2 aromatic rings. The van der Waals surface area contributed by atoms with Gasteiger partial charge in [-0.2, -0.15) is 0 Å². The zero-order valence-electron chi connectivity index (χ0n) is 11.7. The summed E-state index contributed by atoms with van der Waals surface area (Å²) in [5.74, 6) is 0.810. The number of halogens is 1. The van der Waals surface area contributed by atoms with Crippen molar-refractivity contribution in [2.45, 2.75) is 6.92 Å². The average Bonchev–Trinajstić information content (AvgIpc) is 2.46. The molecule has 0 aromatic heterocycles. The van der Waals surface area contributed by atoms with Crippen LogP contribution in [-0.4, -0.2) is 19.2 Å². The van der Waals surface area contributed by atoms with Crippen LogP contribution in [0.2, 0.25) is 0 Å². The number of amides is 2. The number of hydrogen-bond donors (Lipinski definition) is 2. The van der Waals surface area contributed by atoms with Gasteiger partial charge in [-0.15, -0.1) is 0 Å². The van der Waals surface area contributed by atoms with Gasteiger partial charge in [0.1, 0.15) is 12.4 Å². The van der Waals surface area contributed by atoms with E-state index < -0.39 is 0 Å². The summed E-state index contributed by atoms with van der Waals surface area (Å²) in [4.78, 5) is 11.7. The molecule has 0 spiro atoms. The van der Waals surface area contributed by atoms with E-state index in [9.17, 15) is 4.79 Å². The Morgan fingerprint density at radius 1 is 1.19 bits per heavy atom. The Morgan fingerprint density at radius 2 is 1.95 bits per heavy atom. The van der Waals surface area contributed by atoms with Crippen LogP contribution in [0.15, 0.2) is 53.0 Å². The van der Waals surface area contributed by atoms with Crippen LogP contribution in [-0.2, 0) is 0 Å². The number of hydrogen-bond acceptors (Lipinski definition) is 2. The van der Waals surface area contributed by atoms with Crippen molar-refractivity contribution in [3.8, 4) is 5.75 Å². The summed E-state index contributed by atoms with van der Waals surface area (Å²) in [5, 5.41) is 5.49. The first kappa shape index (κ1) is 15.4. The number of nitrogens with one attached hydrogen (secondary N) is 2. The second-order valence-corrected chi connectivity index (χ2v) is 5.47. The summed E-state index contributed by atoms with van der Waals surface area (Å²) in [7, 11) is 0. The Labute approximate surface area is 132 Å². The van der Waals surface area contributed by atoms with Gasteiger partial charge in [0.05, 0.1) is 6.54 Å². The van der Waals surface area contributed by atoms with Gasteiger partial charge in [0.2, 0.25) is 0 Å². The van der Waals surface area contributed by atoms with Crippen LogP contribution in [0.5, 0.6) is 5.75 Å². The molecule has 0 aliphatic carbocycles. The molecule has 0 heterocycles. The van der Waals surface area contributed by atoms with Crippen LogP contribution >= 0.6 is 15.9 Å². The number of ether oxygens (including phenoxy) is 1. The molecule has 0 saturated carbocycles. The van der Waals surface area contributed by atoms with Gasteiger partial charge in [-0.3, -0.25) is 0 Å². The SMILES string of the molecule is Cc1cccc(OCCNC(=O)Nc2ccc(Br)cc2)c1. The highest BCUT2D eigenvalue weighted by Gasteiger charge is 2.01. The van der Waals surface area contributed by atoms with Crippen LogP contribution in [0.1, 0.15) is 5.56 Å². The summed E-state index contributed by atoms with van der Waals surface area (Å²) >= 11 is 3.35. The van der Waals surface area contributed by atoms with Crippen LogP contribution in [0, 0.1) is 6.92 Å². The third kappa shape index (κ3) is 5.47. The fourth-order valence-electron chi connectivity index (χ4n) is 1.75. The first-order chi connectivity index (χ1) is 10.1. The normalized spacial score (nSPS) is 10.0. The van der Waals surface area contributed by atoms with Crippen LogP contribution in [0.25, 0.3) is 0 Å². The molecular weight excluding hydrogens is 332 g/mol. The van der Waals surface area contributed by atoms with E-state index in [1.165, 1.54) is 0 Å². The number of rotatable bonds is 5. The van der Waals surface area contributed by atoms with E-state index in [4.69, 9.17) is 4.74 Å². The largest absolute Gasteiger partial charge is 0.492 e. The van der Waals surface area contributed by atoms with Gasteiger partial charge in [0, 0.05) is 10.2 Å². The van der Waals surface area contributed by atoms with Gasteiger partial charge < -0.3 is 15.4 Å². The van der Waals surface area contributed by atoms with Gasteiger partial charge >= 0.3 is 6.03 Å². The minimum atomic E-state index is -0.245. The molecule has 0 unspecified atom stereocenters. The standard InChI is InChI=1S/C16H17BrN2O2/c1-12-3-2-4-15(11-12)21-10-9-18-16(20)19-14-7-5-13(17)6-8-14/h2-8,11H,9-10H2,1H3,(H2,18,19,20). The maximum Gasteiger partial charge on any atom is 0.319 e. The van der Waals surface area contributed by atoms with E-state index in [1.54, 1.807) is 0 Å². The van der Waals surface area contributed by atoms with Crippen LogP contribution in [0.3, 0.4) is 0 Å². The monoisotopic (exact) mass is 348 g/mol. The van der Waals surface area contributed by atoms with Crippen molar-refractivity contribution in [2.24, 2.45) is 0 Å². The molecule has 110 valence electrons. The summed E-state index contributed by atoms with van der Waals surface area (Å²) < 4.78 is 6.53. The molecule has 2 N–H and O–H groups in total. The first-order valence-electron chi connectivity index (χ1n) is 6.63. The quantitative estimate of drug-likeness (QED) is 0.803. The lowest BCUT2D eigenvalue weighted by molar-refractivity contribution is 0.247. The van der Waals surface area contributed by atoms with E-state index in [0.29, 0.717) is 13.2 Å². The van der Waals surface area contributed by atoms with Gasteiger partial charge in [-0.1, -0.05) is 28.1 Å². The van der Waals surface area contributed by atoms with Crippen molar-refractivity contribution < 1.29 is 9.53 Å². The first-order valence-corrected chi connectivity index (χ1v) is 7.43. The highest BCUT2D eigenvalue weighted by molar-refractivity contribution is 9.10. The van der Waals surface area contributed by atoms with Crippen LogP contribution < -0.4 is 15.4 Å². The molecule has 0 fully saturated rings. The van der Waals surface area contributed by atoms with Gasteiger partial charge in [0.15, 0.2) is 0 Å². The summed E-state index contributed by atoms with van der Waals surface area (Å²) in [5.41, 5.74) is 1.89. The minimum absolute atomic E-state index is 0.245. The number of carbonyl (C=O) groups excluding carboxylic acids is 1. The van der Waals surface area contributed by atoms with Gasteiger partial charge in [-0.05, 0) is 48.9 Å². The lowest BCUT2D eigenvalue weighted by Crippen LogP contribution is -2.32. The molecule has 0 saturated heterocycles. The molecule has 0 aliphatic heterocycles. The average molecular weight is 349 g/mol. The lowest BCUT2D eigenvalue weighted by atomic mass is 10.2. The van der Waals surface area contributed by atoms with Crippen molar-refractivity contribution in [3.63, 3.8) is 0 Å². The predicted octanol–water partition coefficient (Wildman–Crippen LogP) is 3.96. The minimum Gasteiger partial charge on any atom is -0.492 e. The maximum atomic E-state index is 11.7. The smallest absolute Gasteiger partial charge is 0.319 e. The van der Waals surface area contributed by atoms with E-state index in [-0.39, 0.29) is 6.03 Å². The molecule has 0 aliphatic rings. The van der Waals surface area contributed by atoms with Crippen molar-refractivity contribution in [1.29, 1.82) is 0 Å². The molecular formula is C16H17BrN2O2. The Hall–Kier alpha value is -2.01. The molecule has 21 heavy (non-hydrogen) atoms. The van der Waals surface area contributed by atoms with Crippen molar-refractivity contribution in [1.82, 2.24) is 5.32 Å². The Morgan fingerprint density at radius 3 is 2.67 bits per heavy atom. The Balaban J connectivity index is 1.68. The van der Waals surface area contributed by atoms with Crippen LogP contribution in [0.4, 0.5) is 10.5 Å². The number of urea groups is 1. The van der Waals surface area contributed by atoms with E-state index in [2.05, 4.69) is 26.6 Å². The fourth-order valence-corrected chi connectivity index (χ4v) is 2.01.